The molecule has 0 bridgehead atoms. The first-order chi connectivity index (χ1) is 9.17. The topological polar surface area (TPSA) is 59.6 Å². The molecule has 0 saturated heterocycles. The van der Waals surface area contributed by atoms with Gasteiger partial charge < -0.3 is 5.32 Å². The molecule has 4 heteroatoms. The van der Waals surface area contributed by atoms with E-state index in [0.717, 1.165) is 5.56 Å². The van der Waals surface area contributed by atoms with Crippen molar-refractivity contribution in [1.82, 2.24) is 0 Å². The van der Waals surface area contributed by atoms with Gasteiger partial charge in [0.15, 0.2) is 0 Å². The number of nitrogens with one attached hydrogen (secondary N) is 1. The van der Waals surface area contributed by atoms with Crippen molar-refractivity contribution >= 4 is 11.4 Å². The summed E-state index contributed by atoms with van der Waals surface area (Å²) in [5.74, 6) is -0.584. The summed E-state index contributed by atoms with van der Waals surface area (Å²) in [6.45, 7) is 1.84. The molecule has 3 nitrogen and oxygen atoms in total. The van der Waals surface area contributed by atoms with Crippen molar-refractivity contribution in [2.75, 3.05) is 5.32 Å². The Bertz CT molecular complexity index is 708. The third kappa shape index (κ3) is 2.38. The fourth-order valence-electron chi connectivity index (χ4n) is 1.80. The third-order valence-electron chi connectivity index (χ3n) is 2.78. The predicted octanol–water partition coefficient (Wildman–Crippen LogP) is 3.62. The van der Waals surface area contributed by atoms with E-state index in [1.807, 2.05) is 19.1 Å². The zero-order chi connectivity index (χ0) is 13.8. The third-order valence-corrected chi connectivity index (χ3v) is 2.78. The molecule has 2 rings (SSSR count). The number of nitriles is 2. The Morgan fingerprint density at radius 2 is 1.79 bits per heavy atom. The van der Waals surface area contributed by atoms with Gasteiger partial charge in [0.25, 0.3) is 0 Å². The summed E-state index contributed by atoms with van der Waals surface area (Å²) >= 11 is 0. The monoisotopic (exact) mass is 251 g/mol. The van der Waals surface area contributed by atoms with Crippen LogP contribution < -0.4 is 5.32 Å². The number of hydrogen-bond donors (Lipinski definition) is 1. The van der Waals surface area contributed by atoms with E-state index in [1.54, 1.807) is 18.2 Å². The van der Waals surface area contributed by atoms with Gasteiger partial charge in [-0.15, -0.1) is 0 Å². The van der Waals surface area contributed by atoms with Crippen molar-refractivity contribution in [3.05, 3.63) is 58.9 Å². The Kier molecular flexibility index (Phi) is 3.45. The molecule has 0 fully saturated rings. The smallest absolute Gasteiger partial charge is 0.143 e. The number of rotatable bonds is 2. The van der Waals surface area contributed by atoms with Gasteiger partial charge in [0, 0.05) is 0 Å². The summed E-state index contributed by atoms with van der Waals surface area (Å²) in [5, 5.41) is 21.0. The fourth-order valence-corrected chi connectivity index (χ4v) is 1.80. The number of halogens is 1. The molecule has 1 N–H and O–H groups in total. The van der Waals surface area contributed by atoms with E-state index in [9.17, 15) is 4.39 Å². The van der Waals surface area contributed by atoms with Crippen LogP contribution in [0.2, 0.25) is 0 Å². The Labute approximate surface area is 110 Å². The maximum Gasteiger partial charge on any atom is 0.143 e. The molecule has 2 aromatic carbocycles. The van der Waals surface area contributed by atoms with E-state index < -0.39 is 5.82 Å². The minimum Gasteiger partial charge on any atom is -0.353 e. The van der Waals surface area contributed by atoms with Gasteiger partial charge in [-0.1, -0.05) is 18.2 Å². The maximum absolute atomic E-state index is 13.5. The van der Waals surface area contributed by atoms with Gasteiger partial charge in [-0.05, 0) is 30.7 Å². The SMILES string of the molecule is Cc1cccc(C#N)c1Nc1cccc(F)c1C#N. The van der Waals surface area contributed by atoms with Crippen molar-refractivity contribution in [2.45, 2.75) is 6.92 Å². The molecule has 0 amide bonds. The quantitative estimate of drug-likeness (QED) is 0.886. The molecular formula is C15H10FN3. The second-order valence-electron chi connectivity index (χ2n) is 4.01. The molecule has 2 aromatic rings. The molecule has 92 valence electrons. The van der Waals surface area contributed by atoms with Crippen LogP contribution in [0.25, 0.3) is 0 Å². The average molecular weight is 251 g/mol. The summed E-state index contributed by atoms with van der Waals surface area (Å²) in [7, 11) is 0. The van der Waals surface area contributed by atoms with Gasteiger partial charge in [0.2, 0.25) is 0 Å². The van der Waals surface area contributed by atoms with Gasteiger partial charge in [0.05, 0.1) is 16.9 Å². The maximum atomic E-state index is 13.5. The highest BCUT2D eigenvalue weighted by molar-refractivity contribution is 5.73. The second kappa shape index (κ2) is 5.20. The molecule has 0 heterocycles. The minimum absolute atomic E-state index is 0.0605. The Morgan fingerprint density at radius 1 is 1.05 bits per heavy atom. The lowest BCUT2D eigenvalue weighted by atomic mass is 10.1. The average Bonchev–Trinajstić information content (AvgIpc) is 2.41. The van der Waals surface area contributed by atoms with Crippen LogP contribution in [0.4, 0.5) is 15.8 Å². The van der Waals surface area contributed by atoms with Gasteiger partial charge in [-0.2, -0.15) is 10.5 Å². The first kappa shape index (κ1) is 12.6. The molecule has 0 atom stereocenters. The van der Waals surface area contributed by atoms with Crippen molar-refractivity contribution in [3.63, 3.8) is 0 Å². The van der Waals surface area contributed by atoms with Crippen molar-refractivity contribution in [2.24, 2.45) is 0 Å². The van der Waals surface area contributed by atoms with Gasteiger partial charge in [0.1, 0.15) is 23.5 Å². The van der Waals surface area contributed by atoms with Crippen LogP contribution in [0.3, 0.4) is 0 Å². The molecule has 0 aliphatic heterocycles. The summed E-state index contributed by atoms with van der Waals surface area (Å²) in [6, 6.07) is 13.5. The van der Waals surface area contributed by atoms with Crippen molar-refractivity contribution in [1.29, 1.82) is 10.5 Å². The zero-order valence-electron chi connectivity index (χ0n) is 10.2. The number of aryl methyl sites for hydroxylation is 1. The van der Waals surface area contributed by atoms with Crippen molar-refractivity contribution < 1.29 is 4.39 Å². The lowest BCUT2D eigenvalue weighted by molar-refractivity contribution is 0.624. The Morgan fingerprint density at radius 3 is 2.47 bits per heavy atom. The van der Waals surface area contributed by atoms with E-state index >= 15 is 0 Å². The van der Waals surface area contributed by atoms with Crippen LogP contribution in [0, 0.1) is 35.4 Å². The van der Waals surface area contributed by atoms with Gasteiger partial charge >= 0.3 is 0 Å². The molecule has 0 unspecified atom stereocenters. The van der Waals surface area contributed by atoms with Gasteiger partial charge in [-0.3, -0.25) is 0 Å². The minimum atomic E-state index is -0.584. The summed E-state index contributed by atoms with van der Waals surface area (Å²) in [5.41, 5.74) is 2.19. The van der Waals surface area contributed by atoms with Crippen LogP contribution in [0.5, 0.6) is 0 Å². The molecule has 19 heavy (non-hydrogen) atoms. The number of anilines is 2. The largest absolute Gasteiger partial charge is 0.353 e. The number of hydrogen-bond acceptors (Lipinski definition) is 3. The van der Waals surface area contributed by atoms with E-state index in [4.69, 9.17) is 10.5 Å². The molecule has 0 aromatic heterocycles. The summed E-state index contributed by atoms with van der Waals surface area (Å²) < 4.78 is 13.5. The number of benzene rings is 2. The van der Waals surface area contributed by atoms with E-state index in [2.05, 4.69) is 11.4 Å². The van der Waals surface area contributed by atoms with Crippen LogP contribution in [-0.4, -0.2) is 0 Å². The Balaban J connectivity index is 2.52. The van der Waals surface area contributed by atoms with E-state index in [-0.39, 0.29) is 5.56 Å². The molecular weight excluding hydrogens is 241 g/mol. The zero-order valence-corrected chi connectivity index (χ0v) is 10.2. The summed E-state index contributed by atoms with van der Waals surface area (Å²) in [4.78, 5) is 0. The molecule has 0 saturated carbocycles. The lowest BCUT2D eigenvalue weighted by Gasteiger charge is -2.12. The fraction of sp³-hybridized carbons (Fsp3) is 0.0667. The van der Waals surface area contributed by atoms with Crippen molar-refractivity contribution in [3.8, 4) is 12.1 Å². The molecule has 0 aliphatic carbocycles. The first-order valence-corrected chi connectivity index (χ1v) is 5.62. The molecule has 0 aliphatic rings. The number of nitrogens with zero attached hydrogens (tertiary/aromatic N) is 2. The van der Waals surface area contributed by atoms with Gasteiger partial charge in [-0.25, -0.2) is 4.39 Å². The standard InChI is InChI=1S/C15H10FN3/c1-10-4-2-5-11(8-17)15(10)19-14-7-3-6-13(16)12(14)9-18/h2-7,19H,1H3. The van der Waals surface area contributed by atoms with Crippen LogP contribution in [-0.2, 0) is 0 Å². The highest BCUT2D eigenvalue weighted by atomic mass is 19.1. The van der Waals surface area contributed by atoms with E-state index in [1.165, 1.54) is 12.1 Å². The van der Waals surface area contributed by atoms with Crippen LogP contribution >= 0.6 is 0 Å². The van der Waals surface area contributed by atoms with E-state index in [0.29, 0.717) is 16.9 Å². The normalized spacial score (nSPS) is 9.47. The lowest BCUT2D eigenvalue weighted by Crippen LogP contribution is -2.00. The predicted molar refractivity (Wildman–Crippen MR) is 70.3 cm³/mol. The molecule has 0 spiro atoms. The highest BCUT2D eigenvalue weighted by Gasteiger charge is 2.11. The van der Waals surface area contributed by atoms with Crippen LogP contribution in [0.1, 0.15) is 16.7 Å². The first-order valence-electron chi connectivity index (χ1n) is 5.62. The summed E-state index contributed by atoms with van der Waals surface area (Å²) in [6.07, 6.45) is 0. The van der Waals surface area contributed by atoms with Crippen LogP contribution in [0.15, 0.2) is 36.4 Å². The molecule has 0 radical (unpaired) electrons. The highest BCUT2D eigenvalue weighted by Crippen LogP contribution is 2.27. The Hall–Kier alpha value is -2.85. The second-order valence-corrected chi connectivity index (χ2v) is 4.01. The number of para-hydroxylation sites is 1.